The standard InChI is InChI=1S/C6H15NO2/c1-5(2)7-3-6(9)4-8/h5-9H,3-4H2,1-2H3/t6-/m1/s1. The number of aliphatic hydroxyl groups is 2. The van der Waals surface area contributed by atoms with Crippen molar-refractivity contribution in [2.24, 2.45) is 0 Å². The molecule has 0 spiro atoms. The number of nitrogens with one attached hydrogen (secondary N) is 1. The molecule has 56 valence electrons. The topological polar surface area (TPSA) is 52.5 Å². The molecule has 0 aliphatic carbocycles. The zero-order chi connectivity index (χ0) is 7.28. The molecule has 0 aliphatic rings. The lowest BCUT2D eigenvalue weighted by atomic mass is 10.3. The molecule has 3 heteroatoms. The predicted octanol–water partition coefficient (Wildman–Crippen LogP) is -0.662. The van der Waals surface area contributed by atoms with Gasteiger partial charge in [-0.05, 0) is 0 Å². The average molecular weight is 133 g/mol. The Labute approximate surface area is 55.7 Å². The molecule has 0 bridgehead atoms. The van der Waals surface area contributed by atoms with E-state index in [0.717, 1.165) is 0 Å². The van der Waals surface area contributed by atoms with Crippen LogP contribution in [0.1, 0.15) is 13.8 Å². The van der Waals surface area contributed by atoms with Crippen molar-refractivity contribution in [3.63, 3.8) is 0 Å². The van der Waals surface area contributed by atoms with Gasteiger partial charge in [-0.25, -0.2) is 0 Å². The van der Waals surface area contributed by atoms with Crippen molar-refractivity contribution in [1.29, 1.82) is 0 Å². The van der Waals surface area contributed by atoms with E-state index >= 15 is 0 Å². The van der Waals surface area contributed by atoms with Gasteiger partial charge in [-0.1, -0.05) is 13.8 Å². The molecule has 0 aromatic heterocycles. The molecule has 9 heavy (non-hydrogen) atoms. The molecular formula is C6H15NO2. The van der Waals surface area contributed by atoms with E-state index in [-0.39, 0.29) is 6.61 Å². The van der Waals surface area contributed by atoms with Crippen molar-refractivity contribution < 1.29 is 10.2 Å². The summed E-state index contributed by atoms with van der Waals surface area (Å²) in [4.78, 5) is 0. The summed E-state index contributed by atoms with van der Waals surface area (Å²) in [6, 6.07) is 0.367. The van der Waals surface area contributed by atoms with Crippen molar-refractivity contribution in [1.82, 2.24) is 5.32 Å². The molecule has 0 aliphatic heterocycles. The molecule has 0 rings (SSSR count). The third-order valence-electron chi connectivity index (χ3n) is 0.972. The predicted molar refractivity (Wildman–Crippen MR) is 36.2 cm³/mol. The second kappa shape index (κ2) is 4.73. The van der Waals surface area contributed by atoms with Crippen LogP contribution >= 0.6 is 0 Å². The van der Waals surface area contributed by atoms with Gasteiger partial charge < -0.3 is 15.5 Å². The first-order valence-corrected chi connectivity index (χ1v) is 3.19. The molecule has 0 radical (unpaired) electrons. The van der Waals surface area contributed by atoms with Gasteiger partial charge in [-0.3, -0.25) is 0 Å². The molecule has 3 nitrogen and oxygen atoms in total. The maximum atomic E-state index is 8.79. The van der Waals surface area contributed by atoms with Crippen molar-refractivity contribution in [2.45, 2.75) is 26.0 Å². The van der Waals surface area contributed by atoms with Gasteiger partial charge >= 0.3 is 0 Å². The van der Waals surface area contributed by atoms with E-state index in [0.29, 0.717) is 12.6 Å². The highest BCUT2D eigenvalue weighted by Crippen LogP contribution is 1.80. The molecule has 0 heterocycles. The molecule has 0 unspecified atom stereocenters. The third-order valence-corrected chi connectivity index (χ3v) is 0.972. The molecule has 0 aromatic carbocycles. The van der Waals surface area contributed by atoms with E-state index in [9.17, 15) is 0 Å². The normalized spacial score (nSPS) is 14.3. The highest BCUT2D eigenvalue weighted by molar-refractivity contribution is 4.59. The summed E-state index contributed by atoms with van der Waals surface area (Å²) in [5, 5.41) is 20.1. The highest BCUT2D eigenvalue weighted by atomic mass is 16.3. The second-order valence-electron chi connectivity index (χ2n) is 2.40. The monoisotopic (exact) mass is 133 g/mol. The van der Waals surface area contributed by atoms with Gasteiger partial charge in [0.25, 0.3) is 0 Å². The fourth-order valence-electron chi connectivity index (χ4n) is 0.436. The lowest BCUT2D eigenvalue weighted by molar-refractivity contribution is 0.0928. The Kier molecular flexibility index (Phi) is 4.67. The Hall–Kier alpha value is -0.120. The fraction of sp³-hybridized carbons (Fsp3) is 1.00. The molecule has 0 fully saturated rings. The van der Waals surface area contributed by atoms with Crippen molar-refractivity contribution in [3.8, 4) is 0 Å². The molecule has 1 atom stereocenters. The molecule has 0 saturated heterocycles. The zero-order valence-electron chi connectivity index (χ0n) is 5.96. The number of aliphatic hydroxyl groups excluding tert-OH is 2. The van der Waals surface area contributed by atoms with Crippen LogP contribution in [0.3, 0.4) is 0 Å². The van der Waals surface area contributed by atoms with Gasteiger partial charge in [0.15, 0.2) is 0 Å². The lowest BCUT2D eigenvalue weighted by Gasteiger charge is -2.10. The Bertz CT molecular complexity index is 66.1. The van der Waals surface area contributed by atoms with Crippen LogP contribution < -0.4 is 5.32 Å². The summed E-state index contributed by atoms with van der Waals surface area (Å²) in [6.07, 6.45) is -0.618. The quantitative estimate of drug-likeness (QED) is 0.477. The van der Waals surface area contributed by atoms with Crippen molar-refractivity contribution in [3.05, 3.63) is 0 Å². The second-order valence-corrected chi connectivity index (χ2v) is 2.40. The summed E-state index contributed by atoms with van der Waals surface area (Å²) in [7, 11) is 0. The van der Waals surface area contributed by atoms with Crippen molar-refractivity contribution >= 4 is 0 Å². The van der Waals surface area contributed by atoms with Crippen LogP contribution in [0.25, 0.3) is 0 Å². The van der Waals surface area contributed by atoms with Crippen LogP contribution in [0.2, 0.25) is 0 Å². The molecule has 3 N–H and O–H groups in total. The third kappa shape index (κ3) is 5.76. The van der Waals surface area contributed by atoms with Gasteiger partial charge in [0, 0.05) is 12.6 Å². The molecule has 0 amide bonds. The molecular weight excluding hydrogens is 118 g/mol. The van der Waals surface area contributed by atoms with E-state index in [1.165, 1.54) is 0 Å². The smallest absolute Gasteiger partial charge is 0.0895 e. The van der Waals surface area contributed by atoms with Crippen LogP contribution in [0.4, 0.5) is 0 Å². The molecule has 0 aromatic rings. The van der Waals surface area contributed by atoms with Crippen molar-refractivity contribution in [2.75, 3.05) is 13.2 Å². The first-order chi connectivity index (χ1) is 4.16. The minimum absolute atomic E-state index is 0.167. The summed E-state index contributed by atoms with van der Waals surface area (Å²) in [6.45, 7) is 4.28. The van der Waals surface area contributed by atoms with Crippen LogP contribution in [0.15, 0.2) is 0 Å². The largest absolute Gasteiger partial charge is 0.394 e. The SMILES string of the molecule is CC(C)NC[C@@H](O)CO. The summed E-state index contributed by atoms with van der Waals surface area (Å²) in [5.41, 5.74) is 0. The Morgan fingerprint density at radius 2 is 2.00 bits per heavy atom. The minimum atomic E-state index is -0.618. The first-order valence-electron chi connectivity index (χ1n) is 3.19. The van der Waals surface area contributed by atoms with Crippen LogP contribution in [0, 0.1) is 0 Å². The number of rotatable bonds is 4. The van der Waals surface area contributed by atoms with Crippen LogP contribution in [-0.2, 0) is 0 Å². The summed E-state index contributed by atoms with van der Waals surface area (Å²) in [5.74, 6) is 0. The van der Waals surface area contributed by atoms with Crippen LogP contribution in [-0.4, -0.2) is 35.5 Å². The van der Waals surface area contributed by atoms with E-state index in [2.05, 4.69) is 5.32 Å². The Morgan fingerprint density at radius 3 is 2.33 bits per heavy atom. The van der Waals surface area contributed by atoms with Gasteiger partial charge in [0.2, 0.25) is 0 Å². The fourth-order valence-corrected chi connectivity index (χ4v) is 0.436. The van der Waals surface area contributed by atoms with E-state index < -0.39 is 6.10 Å². The van der Waals surface area contributed by atoms with Gasteiger partial charge in [0.1, 0.15) is 0 Å². The number of hydrogen-bond donors (Lipinski definition) is 3. The lowest BCUT2D eigenvalue weighted by Crippen LogP contribution is -2.33. The van der Waals surface area contributed by atoms with E-state index in [4.69, 9.17) is 10.2 Å². The number of hydrogen-bond acceptors (Lipinski definition) is 3. The van der Waals surface area contributed by atoms with E-state index in [1.54, 1.807) is 0 Å². The maximum Gasteiger partial charge on any atom is 0.0895 e. The highest BCUT2D eigenvalue weighted by Gasteiger charge is 2.00. The Balaban J connectivity index is 3.06. The van der Waals surface area contributed by atoms with Gasteiger partial charge in [0.05, 0.1) is 12.7 Å². The van der Waals surface area contributed by atoms with E-state index in [1.807, 2.05) is 13.8 Å². The molecule has 0 saturated carbocycles. The van der Waals surface area contributed by atoms with Crippen LogP contribution in [0.5, 0.6) is 0 Å². The maximum absolute atomic E-state index is 8.79. The average Bonchev–Trinajstić information content (AvgIpc) is 1.83. The van der Waals surface area contributed by atoms with Gasteiger partial charge in [-0.15, -0.1) is 0 Å². The summed E-state index contributed by atoms with van der Waals surface area (Å²) < 4.78 is 0. The minimum Gasteiger partial charge on any atom is -0.394 e. The Morgan fingerprint density at radius 1 is 1.44 bits per heavy atom. The zero-order valence-corrected chi connectivity index (χ0v) is 5.96. The first kappa shape index (κ1) is 8.88. The van der Waals surface area contributed by atoms with Gasteiger partial charge in [-0.2, -0.15) is 0 Å². The summed E-state index contributed by atoms with van der Waals surface area (Å²) >= 11 is 0.